The van der Waals surface area contributed by atoms with Gasteiger partial charge in [0.05, 0.1) is 6.20 Å². The van der Waals surface area contributed by atoms with Crippen molar-refractivity contribution in [3.8, 4) is 5.75 Å². The fraction of sp³-hybridized carbons (Fsp3) is 0.0667. The zero-order chi connectivity index (χ0) is 16.6. The SMILES string of the molecule is O=S1(=O)NC(O)=CN1c1ccc(Cc2cccc(Cl)c2)cc1O. The Morgan fingerprint density at radius 1 is 1.09 bits per heavy atom. The maximum atomic E-state index is 11.8. The third-order valence-corrected chi connectivity index (χ3v) is 4.83. The standard InChI is InChI=1S/C15H13ClN2O4S/c16-12-3-1-2-10(7-12)6-11-4-5-13(14(19)8-11)18-9-15(20)17-23(18,21)22/h1-5,7-9,17,19-20H,6H2. The average Bonchev–Trinajstić information content (AvgIpc) is 2.72. The first kappa shape index (κ1) is 15.5. The first-order valence-corrected chi connectivity index (χ1v) is 8.46. The van der Waals surface area contributed by atoms with Crippen LogP contribution in [-0.2, 0) is 16.6 Å². The molecule has 3 N–H and O–H groups in total. The Labute approximate surface area is 138 Å². The van der Waals surface area contributed by atoms with Gasteiger partial charge in [0, 0.05) is 5.02 Å². The highest BCUT2D eigenvalue weighted by molar-refractivity contribution is 7.91. The van der Waals surface area contributed by atoms with Gasteiger partial charge in [-0.15, -0.1) is 0 Å². The average molecular weight is 353 g/mol. The molecule has 2 aromatic carbocycles. The first-order valence-electron chi connectivity index (χ1n) is 6.64. The molecule has 3 rings (SSSR count). The van der Waals surface area contributed by atoms with Gasteiger partial charge in [0.15, 0.2) is 0 Å². The molecule has 1 aliphatic heterocycles. The number of rotatable bonds is 3. The van der Waals surface area contributed by atoms with Crippen LogP contribution in [-0.4, -0.2) is 18.6 Å². The predicted octanol–water partition coefficient (Wildman–Crippen LogP) is 2.65. The minimum absolute atomic E-state index is 0.0522. The summed E-state index contributed by atoms with van der Waals surface area (Å²) in [6.45, 7) is 0. The second-order valence-electron chi connectivity index (χ2n) is 5.05. The summed E-state index contributed by atoms with van der Waals surface area (Å²) in [6.07, 6.45) is 1.53. The van der Waals surface area contributed by atoms with E-state index in [9.17, 15) is 18.6 Å². The number of nitrogens with one attached hydrogen (secondary N) is 1. The lowest BCUT2D eigenvalue weighted by atomic mass is 10.0. The molecule has 0 spiro atoms. The van der Waals surface area contributed by atoms with E-state index in [1.807, 2.05) is 22.9 Å². The molecule has 0 bridgehead atoms. The van der Waals surface area contributed by atoms with Crippen LogP contribution in [0.3, 0.4) is 0 Å². The number of benzene rings is 2. The number of hydrogen-bond donors (Lipinski definition) is 3. The van der Waals surface area contributed by atoms with Crippen LogP contribution in [0.15, 0.2) is 54.5 Å². The zero-order valence-electron chi connectivity index (χ0n) is 11.8. The highest BCUT2D eigenvalue weighted by atomic mass is 35.5. The molecule has 0 unspecified atom stereocenters. The molecule has 23 heavy (non-hydrogen) atoms. The molecule has 6 nitrogen and oxygen atoms in total. The van der Waals surface area contributed by atoms with Crippen LogP contribution in [0, 0.1) is 0 Å². The summed E-state index contributed by atoms with van der Waals surface area (Å²) >= 11 is 5.94. The van der Waals surface area contributed by atoms with Crippen molar-refractivity contribution in [3.63, 3.8) is 0 Å². The van der Waals surface area contributed by atoms with Gasteiger partial charge >= 0.3 is 10.2 Å². The lowest BCUT2D eigenvalue weighted by Gasteiger charge is -2.16. The van der Waals surface area contributed by atoms with Gasteiger partial charge in [-0.05, 0) is 41.8 Å². The molecule has 0 aromatic heterocycles. The molecule has 1 aliphatic rings. The number of aliphatic hydroxyl groups excluding tert-OH is 1. The maximum Gasteiger partial charge on any atom is 0.330 e. The smallest absolute Gasteiger partial charge is 0.330 e. The molecule has 0 aliphatic carbocycles. The van der Waals surface area contributed by atoms with E-state index in [1.165, 1.54) is 12.1 Å². The molecule has 8 heteroatoms. The van der Waals surface area contributed by atoms with Crippen molar-refractivity contribution < 1.29 is 18.6 Å². The fourth-order valence-electron chi connectivity index (χ4n) is 2.34. The summed E-state index contributed by atoms with van der Waals surface area (Å²) in [6, 6.07) is 12.0. The Balaban J connectivity index is 1.90. The number of hydrogen-bond acceptors (Lipinski definition) is 4. The molecule has 1 heterocycles. The van der Waals surface area contributed by atoms with Gasteiger partial charge in [-0.1, -0.05) is 29.8 Å². The van der Waals surface area contributed by atoms with Crippen molar-refractivity contribution in [1.29, 1.82) is 0 Å². The zero-order valence-corrected chi connectivity index (χ0v) is 13.3. The van der Waals surface area contributed by atoms with Gasteiger partial charge in [-0.3, -0.25) is 0 Å². The third-order valence-electron chi connectivity index (χ3n) is 3.31. The van der Waals surface area contributed by atoms with Crippen LogP contribution < -0.4 is 9.03 Å². The van der Waals surface area contributed by atoms with E-state index in [0.29, 0.717) is 11.4 Å². The van der Waals surface area contributed by atoms with Crippen LogP contribution in [0.4, 0.5) is 5.69 Å². The number of anilines is 1. The van der Waals surface area contributed by atoms with Crippen LogP contribution in [0.5, 0.6) is 5.75 Å². The van der Waals surface area contributed by atoms with E-state index >= 15 is 0 Å². The molecule has 2 aromatic rings. The van der Waals surface area contributed by atoms with Gasteiger partial charge in [-0.2, -0.15) is 8.42 Å². The minimum Gasteiger partial charge on any atom is -0.506 e. The van der Waals surface area contributed by atoms with E-state index in [0.717, 1.165) is 21.6 Å². The Kier molecular flexibility index (Phi) is 3.83. The molecule has 0 saturated heterocycles. The predicted molar refractivity (Wildman–Crippen MR) is 87.6 cm³/mol. The third kappa shape index (κ3) is 3.20. The van der Waals surface area contributed by atoms with Crippen molar-refractivity contribution in [2.75, 3.05) is 4.31 Å². The van der Waals surface area contributed by atoms with Crippen molar-refractivity contribution >= 4 is 27.5 Å². The lowest BCUT2D eigenvalue weighted by molar-refractivity contribution is 0.392. The largest absolute Gasteiger partial charge is 0.506 e. The summed E-state index contributed by atoms with van der Waals surface area (Å²) in [5, 5.41) is 20.1. The summed E-state index contributed by atoms with van der Waals surface area (Å²) in [5.74, 6) is -0.715. The molecule has 0 saturated carbocycles. The number of aliphatic hydroxyl groups is 1. The number of aromatic hydroxyl groups is 1. The summed E-state index contributed by atoms with van der Waals surface area (Å²) in [4.78, 5) is 0. The lowest BCUT2D eigenvalue weighted by Crippen LogP contribution is -2.29. The van der Waals surface area contributed by atoms with Gasteiger partial charge in [0.2, 0.25) is 5.88 Å². The second-order valence-corrected chi connectivity index (χ2v) is 7.03. The maximum absolute atomic E-state index is 11.8. The van der Waals surface area contributed by atoms with Crippen LogP contribution >= 0.6 is 11.6 Å². The van der Waals surface area contributed by atoms with Gasteiger partial charge in [0.1, 0.15) is 11.4 Å². The van der Waals surface area contributed by atoms with Crippen molar-refractivity contribution in [2.24, 2.45) is 0 Å². The summed E-state index contributed by atoms with van der Waals surface area (Å²) in [5.41, 5.74) is 1.82. The summed E-state index contributed by atoms with van der Waals surface area (Å²) < 4.78 is 26.3. The monoisotopic (exact) mass is 352 g/mol. The normalized spacial score (nSPS) is 16.0. The van der Waals surface area contributed by atoms with Crippen molar-refractivity contribution in [1.82, 2.24) is 4.72 Å². The molecular weight excluding hydrogens is 340 g/mol. The minimum atomic E-state index is -3.93. The van der Waals surface area contributed by atoms with E-state index in [2.05, 4.69) is 0 Å². The number of halogens is 1. The molecule has 0 fully saturated rings. The van der Waals surface area contributed by atoms with Crippen LogP contribution in [0.2, 0.25) is 5.02 Å². The summed E-state index contributed by atoms with van der Waals surface area (Å²) in [7, 11) is -3.93. The number of phenolic OH excluding ortho intramolecular Hbond substituents is 1. The quantitative estimate of drug-likeness (QED) is 0.792. The number of phenols is 1. The highest BCUT2D eigenvalue weighted by Gasteiger charge is 2.30. The Hall–Kier alpha value is -2.38. The molecular formula is C15H13ClN2O4S. The van der Waals surface area contributed by atoms with Gasteiger partial charge in [-0.25, -0.2) is 9.03 Å². The van der Waals surface area contributed by atoms with Gasteiger partial charge < -0.3 is 10.2 Å². The molecule has 120 valence electrons. The fourth-order valence-corrected chi connectivity index (χ4v) is 3.62. The van der Waals surface area contributed by atoms with Crippen LogP contribution in [0.25, 0.3) is 0 Å². The Bertz CT molecular complexity index is 896. The van der Waals surface area contributed by atoms with E-state index in [4.69, 9.17) is 11.6 Å². The van der Waals surface area contributed by atoms with Crippen LogP contribution in [0.1, 0.15) is 11.1 Å². The van der Waals surface area contributed by atoms with Crippen molar-refractivity contribution in [3.05, 3.63) is 70.7 Å². The van der Waals surface area contributed by atoms with E-state index in [1.54, 1.807) is 12.1 Å². The first-order chi connectivity index (χ1) is 10.8. The Morgan fingerprint density at radius 3 is 2.43 bits per heavy atom. The van der Waals surface area contributed by atoms with E-state index < -0.39 is 16.1 Å². The number of nitrogens with zero attached hydrogens (tertiary/aromatic N) is 1. The molecule has 0 radical (unpaired) electrons. The topological polar surface area (TPSA) is 89.9 Å². The van der Waals surface area contributed by atoms with Crippen molar-refractivity contribution in [2.45, 2.75) is 6.42 Å². The molecule has 0 amide bonds. The van der Waals surface area contributed by atoms with E-state index in [-0.39, 0.29) is 11.4 Å². The van der Waals surface area contributed by atoms with Gasteiger partial charge in [0.25, 0.3) is 0 Å². The second kappa shape index (κ2) is 5.68. The highest BCUT2D eigenvalue weighted by Crippen LogP contribution is 2.33. The molecule has 0 atom stereocenters. The Morgan fingerprint density at radius 2 is 1.83 bits per heavy atom.